The van der Waals surface area contributed by atoms with Gasteiger partial charge in [-0.05, 0) is 44.2 Å². The topological polar surface area (TPSA) is 43.8 Å². The molecule has 1 atom stereocenters. The minimum atomic E-state index is 0.144. The first kappa shape index (κ1) is 18.3. The first-order chi connectivity index (χ1) is 11.0. The number of nitrogens with zero attached hydrogens (tertiary/aromatic N) is 2. The number of thiophene rings is 1. The third-order valence-electron chi connectivity index (χ3n) is 4.29. The molecule has 0 spiro atoms. The van der Waals surface area contributed by atoms with Crippen molar-refractivity contribution < 1.29 is 9.90 Å². The van der Waals surface area contributed by atoms with Crippen molar-refractivity contribution in [3.63, 3.8) is 0 Å². The highest BCUT2D eigenvalue weighted by Crippen LogP contribution is 2.20. The largest absolute Gasteiger partial charge is 0.396 e. The van der Waals surface area contributed by atoms with Gasteiger partial charge in [0.15, 0.2) is 5.78 Å². The van der Waals surface area contributed by atoms with E-state index in [0.717, 1.165) is 44.0 Å². The van der Waals surface area contributed by atoms with E-state index in [1.165, 1.54) is 22.5 Å². The summed E-state index contributed by atoms with van der Waals surface area (Å²) in [7, 11) is 0. The van der Waals surface area contributed by atoms with Crippen LogP contribution in [0.1, 0.15) is 42.4 Å². The van der Waals surface area contributed by atoms with Crippen molar-refractivity contribution in [1.29, 1.82) is 0 Å². The molecule has 2 rings (SSSR count). The van der Waals surface area contributed by atoms with Gasteiger partial charge in [0.25, 0.3) is 0 Å². The zero-order valence-corrected chi connectivity index (χ0v) is 15.2. The van der Waals surface area contributed by atoms with E-state index >= 15 is 0 Å². The van der Waals surface area contributed by atoms with E-state index in [2.05, 4.69) is 35.1 Å². The maximum absolute atomic E-state index is 11.4. The Morgan fingerprint density at radius 2 is 2.17 bits per heavy atom. The van der Waals surface area contributed by atoms with Crippen molar-refractivity contribution in [2.75, 3.05) is 32.8 Å². The zero-order valence-electron chi connectivity index (χ0n) is 14.4. The number of Topliss-reactive ketones (excluding diaryl/α,β-unsaturated/α-hetero) is 1. The van der Waals surface area contributed by atoms with Gasteiger partial charge in [-0.1, -0.05) is 11.6 Å². The van der Waals surface area contributed by atoms with Crippen LogP contribution in [0.4, 0.5) is 0 Å². The van der Waals surface area contributed by atoms with Gasteiger partial charge >= 0.3 is 0 Å². The molecule has 0 radical (unpaired) electrons. The van der Waals surface area contributed by atoms with Crippen LogP contribution in [0.2, 0.25) is 0 Å². The van der Waals surface area contributed by atoms with Crippen molar-refractivity contribution in [1.82, 2.24) is 9.80 Å². The highest BCUT2D eigenvalue weighted by molar-refractivity contribution is 7.12. The maximum atomic E-state index is 11.4. The predicted molar refractivity (Wildman–Crippen MR) is 96.1 cm³/mol. The molecule has 1 fully saturated rings. The quantitative estimate of drug-likeness (QED) is 0.614. The molecule has 2 heterocycles. The van der Waals surface area contributed by atoms with E-state index in [1.54, 1.807) is 6.92 Å². The molecule has 1 saturated heterocycles. The molecule has 1 aromatic rings. The molecule has 1 N–H and O–H groups in total. The molecule has 1 aliphatic rings. The summed E-state index contributed by atoms with van der Waals surface area (Å²) in [5, 5.41) is 11.4. The summed E-state index contributed by atoms with van der Waals surface area (Å²) in [5.41, 5.74) is 2.56. The molecule has 0 aliphatic carbocycles. The Hall–Kier alpha value is -1.01. The van der Waals surface area contributed by atoms with Gasteiger partial charge in [-0.25, -0.2) is 0 Å². The van der Waals surface area contributed by atoms with Crippen molar-refractivity contribution in [2.24, 2.45) is 0 Å². The maximum Gasteiger partial charge on any atom is 0.169 e. The molecule has 0 aromatic carbocycles. The number of hydrogen-bond acceptors (Lipinski definition) is 5. The van der Waals surface area contributed by atoms with E-state index in [1.807, 2.05) is 6.07 Å². The highest BCUT2D eigenvalue weighted by Gasteiger charge is 2.26. The van der Waals surface area contributed by atoms with Crippen LogP contribution >= 0.6 is 11.3 Å². The lowest BCUT2D eigenvalue weighted by molar-refractivity contribution is 0.0637. The van der Waals surface area contributed by atoms with Crippen molar-refractivity contribution in [3.05, 3.63) is 33.5 Å². The number of hydrogen-bond donors (Lipinski definition) is 1. The van der Waals surface area contributed by atoms with Crippen LogP contribution in [-0.2, 0) is 6.54 Å². The Balaban J connectivity index is 1.94. The summed E-state index contributed by atoms with van der Waals surface area (Å²) in [6.07, 6.45) is 3.08. The lowest BCUT2D eigenvalue weighted by Crippen LogP contribution is -2.53. The second kappa shape index (κ2) is 8.73. The molecule has 23 heavy (non-hydrogen) atoms. The third kappa shape index (κ3) is 5.53. The number of piperazine rings is 1. The number of ketones is 1. The Kier molecular flexibility index (Phi) is 6.96. The lowest BCUT2D eigenvalue weighted by Gasteiger charge is -2.41. The molecule has 0 amide bonds. The van der Waals surface area contributed by atoms with Crippen molar-refractivity contribution in [2.45, 2.75) is 39.8 Å². The molecular formula is C18H28N2O2S. The van der Waals surface area contributed by atoms with Crippen LogP contribution in [-0.4, -0.2) is 59.5 Å². The Morgan fingerprint density at radius 1 is 1.39 bits per heavy atom. The van der Waals surface area contributed by atoms with Crippen LogP contribution in [0.5, 0.6) is 0 Å². The first-order valence-corrected chi connectivity index (χ1v) is 9.16. The monoisotopic (exact) mass is 336 g/mol. The van der Waals surface area contributed by atoms with Gasteiger partial charge in [-0.15, -0.1) is 11.3 Å². The van der Waals surface area contributed by atoms with E-state index in [-0.39, 0.29) is 12.4 Å². The molecule has 4 nitrogen and oxygen atoms in total. The van der Waals surface area contributed by atoms with E-state index in [0.29, 0.717) is 6.04 Å². The zero-order chi connectivity index (χ0) is 16.8. The SMILES string of the molecule is CC(=O)c1cc(CN2CCN(CC=C(C)C)[C@@H](CCO)C2)cs1. The van der Waals surface area contributed by atoms with Gasteiger partial charge in [0, 0.05) is 45.4 Å². The summed E-state index contributed by atoms with van der Waals surface area (Å²) in [5.74, 6) is 0.144. The number of carbonyl (C=O) groups is 1. The number of allylic oxidation sites excluding steroid dienone is 1. The van der Waals surface area contributed by atoms with Gasteiger partial charge in [-0.3, -0.25) is 14.6 Å². The smallest absolute Gasteiger partial charge is 0.169 e. The van der Waals surface area contributed by atoms with E-state index in [9.17, 15) is 9.90 Å². The number of aliphatic hydroxyl groups excluding tert-OH is 1. The minimum Gasteiger partial charge on any atom is -0.396 e. The molecule has 5 heteroatoms. The standard InChI is InChI=1S/C18H28N2O2S/c1-14(2)4-6-20-8-7-19(12-17(20)5-9-21)11-16-10-18(15(3)22)23-13-16/h4,10,13,17,21H,5-9,11-12H2,1-3H3/t17-/m0/s1. The fourth-order valence-corrected chi connectivity index (χ4v) is 3.77. The Bertz CT molecular complexity index is 549. The summed E-state index contributed by atoms with van der Waals surface area (Å²) in [4.78, 5) is 17.2. The van der Waals surface area contributed by atoms with Gasteiger partial charge in [-0.2, -0.15) is 0 Å². The highest BCUT2D eigenvalue weighted by atomic mass is 32.1. The number of carbonyl (C=O) groups excluding carboxylic acids is 1. The van der Waals surface area contributed by atoms with Gasteiger partial charge < -0.3 is 5.11 Å². The molecule has 128 valence electrons. The van der Waals surface area contributed by atoms with Crippen LogP contribution in [0, 0.1) is 0 Å². The number of rotatable bonds is 7. The second-order valence-corrected chi connectivity index (χ2v) is 7.46. The first-order valence-electron chi connectivity index (χ1n) is 8.28. The minimum absolute atomic E-state index is 0.144. The van der Waals surface area contributed by atoms with Gasteiger partial charge in [0.1, 0.15) is 0 Å². The van der Waals surface area contributed by atoms with Crippen LogP contribution in [0.15, 0.2) is 23.1 Å². The Labute approximate surface area is 143 Å². The van der Waals surface area contributed by atoms with Crippen LogP contribution in [0.3, 0.4) is 0 Å². The molecule has 1 aliphatic heterocycles. The lowest BCUT2D eigenvalue weighted by atomic mass is 10.1. The molecular weight excluding hydrogens is 308 g/mol. The fraction of sp³-hybridized carbons (Fsp3) is 0.611. The van der Waals surface area contributed by atoms with Crippen molar-refractivity contribution in [3.8, 4) is 0 Å². The summed E-state index contributed by atoms with van der Waals surface area (Å²) >= 11 is 1.53. The normalized spacial score (nSPS) is 19.7. The molecule has 0 bridgehead atoms. The molecule has 0 unspecified atom stereocenters. The average molecular weight is 337 g/mol. The van der Waals surface area contributed by atoms with Gasteiger partial charge in [0.2, 0.25) is 0 Å². The summed E-state index contributed by atoms with van der Waals surface area (Å²) < 4.78 is 0. The van der Waals surface area contributed by atoms with Crippen LogP contribution in [0.25, 0.3) is 0 Å². The van der Waals surface area contributed by atoms with Gasteiger partial charge in [0.05, 0.1) is 4.88 Å². The van der Waals surface area contributed by atoms with Crippen molar-refractivity contribution >= 4 is 17.1 Å². The average Bonchev–Trinajstić information content (AvgIpc) is 2.95. The van der Waals surface area contributed by atoms with E-state index in [4.69, 9.17) is 0 Å². The van der Waals surface area contributed by atoms with E-state index < -0.39 is 0 Å². The predicted octanol–water partition coefficient (Wildman–Crippen LogP) is 2.79. The molecule has 0 saturated carbocycles. The third-order valence-corrected chi connectivity index (χ3v) is 5.37. The number of aliphatic hydroxyl groups is 1. The summed E-state index contributed by atoms with van der Waals surface area (Å²) in [6, 6.07) is 2.42. The second-order valence-electron chi connectivity index (χ2n) is 6.55. The molecule has 1 aromatic heterocycles. The fourth-order valence-electron chi connectivity index (χ4n) is 2.97. The summed E-state index contributed by atoms with van der Waals surface area (Å²) in [6.45, 7) is 11.0. The van der Waals surface area contributed by atoms with Crippen LogP contribution < -0.4 is 0 Å². The Morgan fingerprint density at radius 3 is 2.78 bits per heavy atom.